The number of carbonyl (C=O) groups is 1. The normalized spacial score (nSPS) is 12.9. The van der Waals surface area contributed by atoms with Crippen molar-refractivity contribution in [2.45, 2.75) is 19.6 Å². The number of carbonyl (C=O) groups excluding carboxylic acids is 1. The predicted molar refractivity (Wildman–Crippen MR) is 96.9 cm³/mol. The van der Waals surface area contributed by atoms with Crippen LogP contribution >= 0.6 is 0 Å². The van der Waals surface area contributed by atoms with Gasteiger partial charge in [0, 0.05) is 35.6 Å². The summed E-state index contributed by atoms with van der Waals surface area (Å²) >= 11 is 0. The summed E-state index contributed by atoms with van der Waals surface area (Å²) in [6.07, 6.45) is 4.92. The first-order valence-corrected chi connectivity index (χ1v) is 8.60. The third-order valence-corrected chi connectivity index (χ3v) is 4.58. The van der Waals surface area contributed by atoms with E-state index in [0.29, 0.717) is 36.8 Å². The molecule has 0 aliphatic carbocycles. The lowest BCUT2D eigenvalue weighted by atomic mass is 10.1. The molecule has 27 heavy (non-hydrogen) atoms. The van der Waals surface area contributed by atoms with Crippen LogP contribution in [0.4, 0.5) is 0 Å². The quantitative estimate of drug-likeness (QED) is 0.736. The molecule has 4 rings (SSSR count). The molecule has 0 saturated carbocycles. The van der Waals surface area contributed by atoms with Crippen molar-refractivity contribution in [1.29, 1.82) is 0 Å². The van der Waals surface area contributed by atoms with Gasteiger partial charge in [-0.2, -0.15) is 5.10 Å². The lowest BCUT2D eigenvalue weighted by Gasteiger charge is -2.17. The average Bonchev–Trinajstić information content (AvgIpc) is 3.29. The molecule has 0 spiro atoms. The number of amides is 1. The number of fused-ring (bicyclic) bond motifs is 1. The summed E-state index contributed by atoms with van der Waals surface area (Å²) in [6, 6.07) is 7.30. The van der Waals surface area contributed by atoms with E-state index in [-0.39, 0.29) is 12.5 Å². The van der Waals surface area contributed by atoms with Crippen LogP contribution < -0.4 is 4.74 Å². The Morgan fingerprint density at radius 3 is 2.93 bits per heavy atom. The van der Waals surface area contributed by atoms with Crippen LogP contribution in [0.15, 0.2) is 42.9 Å². The minimum atomic E-state index is -0.0635. The van der Waals surface area contributed by atoms with E-state index in [9.17, 15) is 4.79 Å². The number of hydrogen-bond donors (Lipinski definition) is 1. The topological polar surface area (TPSA) is 93.4 Å². The van der Waals surface area contributed by atoms with Crippen molar-refractivity contribution in [3.05, 3.63) is 59.7 Å². The third-order valence-electron chi connectivity index (χ3n) is 4.58. The van der Waals surface area contributed by atoms with Gasteiger partial charge >= 0.3 is 0 Å². The first kappa shape index (κ1) is 17.2. The van der Waals surface area contributed by atoms with Crippen LogP contribution in [0.5, 0.6) is 5.88 Å². The molecular weight excluding hydrogens is 346 g/mol. The predicted octanol–water partition coefficient (Wildman–Crippen LogP) is 1.50. The molecule has 0 atom stereocenters. The smallest absolute Gasteiger partial charge is 0.254 e. The second-order valence-electron chi connectivity index (χ2n) is 6.22. The van der Waals surface area contributed by atoms with E-state index in [1.165, 1.54) is 0 Å². The lowest BCUT2D eigenvalue weighted by Crippen LogP contribution is -2.26. The zero-order valence-electron chi connectivity index (χ0n) is 14.9. The maximum Gasteiger partial charge on any atom is 0.254 e. The number of rotatable bonds is 5. The highest BCUT2D eigenvalue weighted by Gasteiger charge is 2.28. The zero-order chi connectivity index (χ0) is 18.8. The average molecular weight is 365 g/mol. The molecule has 0 bridgehead atoms. The van der Waals surface area contributed by atoms with E-state index in [0.717, 1.165) is 16.8 Å². The molecule has 1 N–H and O–H groups in total. The molecule has 0 unspecified atom stereocenters. The van der Waals surface area contributed by atoms with Gasteiger partial charge in [0.2, 0.25) is 5.88 Å². The van der Waals surface area contributed by atoms with Gasteiger partial charge in [-0.05, 0) is 12.1 Å². The minimum Gasteiger partial charge on any atom is -0.479 e. The number of ether oxygens (including phenoxy) is 1. The van der Waals surface area contributed by atoms with E-state index >= 15 is 0 Å². The van der Waals surface area contributed by atoms with E-state index in [1.54, 1.807) is 47.4 Å². The Balaban J connectivity index is 1.59. The zero-order valence-corrected chi connectivity index (χ0v) is 14.9. The van der Waals surface area contributed by atoms with E-state index in [1.807, 2.05) is 12.1 Å². The van der Waals surface area contributed by atoms with Crippen molar-refractivity contribution in [2.75, 3.05) is 13.7 Å². The molecule has 1 aliphatic rings. The highest BCUT2D eigenvalue weighted by Crippen LogP contribution is 2.28. The second kappa shape index (κ2) is 7.16. The van der Waals surface area contributed by atoms with Crippen LogP contribution in [0.25, 0.3) is 11.3 Å². The Bertz CT molecular complexity index is 985. The Kier molecular flexibility index (Phi) is 4.55. The fraction of sp³-hybridized carbons (Fsp3) is 0.263. The summed E-state index contributed by atoms with van der Waals surface area (Å²) < 4.78 is 7.02. The van der Waals surface area contributed by atoms with E-state index in [4.69, 9.17) is 9.84 Å². The summed E-state index contributed by atoms with van der Waals surface area (Å²) in [4.78, 5) is 23.3. The maximum absolute atomic E-state index is 13.0. The largest absolute Gasteiger partial charge is 0.479 e. The molecule has 3 heterocycles. The minimum absolute atomic E-state index is 0.0179. The van der Waals surface area contributed by atoms with Crippen LogP contribution in [0, 0.1) is 0 Å². The van der Waals surface area contributed by atoms with Crippen molar-refractivity contribution in [3.63, 3.8) is 0 Å². The number of aliphatic hydroxyl groups is 1. The van der Waals surface area contributed by atoms with Gasteiger partial charge in [0.15, 0.2) is 0 Å². The Morgan fingerprint density at radius 1 is 1.26 bits per heavy atom. The molecule has 8 heteroatoms. The van der Waals surface area contributed by atoms with Crippen LogP contribution in [0.1, 0.15) is 21.6 Å². The van der Waals surface area contributed by atoms with Gasteiger partial charge in [-0.15, -0.1) is 0 Å². The number of hydrogen-bond acceptors (Lipinski definition) is 6. The van der Waals surface area contributed by atoms with Crippen molar-refractivity contribution in [3.8, 4) is 17.1 Å². The first-order valence-electron chi connectivity index (χ1n) is 8.60. The summed E-state index contributed by atoms with van der Waals surface area (Å²) in [5, 5.41) is 13.4. The number of nitrogens with zero attached hydrogens (tertiary/aromatic N) is 5. The fourth-order valence-corrected chi connectivity index (χ4v) is 3.29. The lowest BCUT2D eigenvalue weighted by molar-refractivity contribution is 0.0747. The molecule has 3 aromatic rings. The summed E-state index contributed by atoms with van der Waals surface area (Å²) in [7, 11) is 1.54. The number of methoxy groups -OCH3 is 1. The molecule has 0 saturated heterocycles. The van der Waals surface area contributed by atoms with Gasteiger partial charge in [-0.25, -0.2) is 9.97 Å². The molecule has 1 aromatic carbocycles. The summed E-state index contributed by atoms with van der Waals surface area (Å²) in [5.74, 6) is 0.353. The number of benzene rings is 1. The summed E-state index contributed by atoms with van der Waals surface area (Å²) in [5.41, 5.74) is 3.94. The van der Waals surface area contributed by atoms with Gasteiger partial charge < -0.3 is 14.7 Å². The van der Waals surface area contributed by atoms with Crippen molar-refractivity contribution in [2.24, 2.45) is 0 Å². The van der Waals surface area contributed by atoms with E-state index in [2.05, 4.69) is 15.1 Å². The van der Waals surface area contributed by atoms with Gasteiger partial charge in [-0.1, -0.05) is 12.1 Å². The van der Waals surface area contributed by atoms with Gasteiger partial charge in [-0.3, -0.25) is 9.48 Å². The SMILES string of the molecule is COc1nccnc1-c1cccc(C(=O)N2Cc3cnn(CCO)c3C2)c1. The monoisotopic (exact) mass is 365 g/mol. The third kappa shape index (κ3) is 3.15. The van der Waals surface area contributed by atoms with Crippen LogP contribution in [-0.4, -0.2) is 49.4 Å². The molecule has 1 aliphatic heterocycles. The van der Waals surface area contributed by atoms with Crippen molar-refractivity contribution in [1.82, 2.24) is 24.6 Å². The molecule has 2 aromatic heterocycles. The van der Waals surface area contributed by atoms with Crippen LogP contribution in [0.2, 0.25) is 0 Å². The number of aromatic nitrogens is 4. The molecule has 138 valence electrons. The van der Waals surface area contributed by atoms with Gasteiger partial charge in [0.25, 0.3) is 5.91 Å². The first-order chi connectivity index (χ1) is 13.2. The molecule has 1 amide bonds. The van der Waals surface area contributed by atoms with E-state index < -0.39 is 0 Å². The highest BCUT2D eigenvalue weighted by atomic mass is 16.5. The van der Waals surface area contributed by atoms with Crippen LogP contribution in [0.3, 0.4) is 0 Å². The fourth-order valence-electron chi connectivity index (χ4n) is 3.29. The number of aliphatic hydroxyl groups excluding tert-OH is 1. The van der Waals surface area contributed by atoms with Crippen molar-refractivity contribution >= 4 is 5.91 Å². The standard InChI is InChI=1S/C19H19N5O3/c1-27-18-17(20-5-6-21-18)13-3-2-4-14(9-13)19(26)23-11-15-10-22-24(7-8-25)16(15)12-23/h2-6,9-10,25H,7-8,11-12H2,1H3. The van der Waals surface area contributed by atoms with Crippen molar-refractivity contribution < 1.29 is 14.6 Å². The second-order valence-corrected chi connectivity index (χ2v) is 6.22. The molecule has 0 radical (unpaired) electrons. The Labute approximate surface area is 156 Å². The maximum atomic E-state index is 13.0. The molecule has 0 fully saturated rings. The molecular formula is C19H19N5O3. The summed E-state index contributed by atoms with van der Waals surface area (Å²) in [6.45, 7) is 1.44. The van der Waals surface area contributed by atoms with Gasteiger partial charge in [0.05, 0.1) is 38.7 Å². The van der Waals surface area contributed by atoms with Gasteiger partial charge in [0.1, 0.15) is 5.69 Å². The van der Waals surface area contributed by atoms with Crippen LogP contribution in [-0.2, 0) is 19.6 Å². The Morgan fingerprint density at radius 2 is 2.11 bits per heavy atom. The molecule has 8 nitrogen and oxygen atoms in total. The Hall–Kier alpha value is -3.26. The highest BCUT2D eigenvalue weighted by molar-refractivity contribution is 5.95.